The average molecular weight is 146 g/mol. The highest BCUT2D eigenvalue weighted by Crippen LogP contribution is 2.24. The van der Waals surface area contributed by atoms with Crippen LogP contribution >= 0.6 is 24.0 Å². The van der Waals surface area contributed by atoms with Gasteiger partial charge in [-0.3, -0.25) is 0 Å². The summed E-state index contributed by atoms with van der Waals surface area (Å²) in [4.78, 5) is 0. The van der Waals surface area contributed by atoms with E-state index < -0.39 is 0 Å². The van der Waals surface area contributed by atoms with Crippen LogP contribution in [0.4, 0.5) is 0 Å². The molecule has 1 aliphatic rings. The zero-order valence-electron chi connectivity index (χ0n) is 4.50. The highest BCUT2D eigenvalue weighted by atomic mass is 32.2. The fourth-order valence-electron chi connectivity index (χ4n) is 0.440. The molecule has 0 saturated carbocycles. The molecule has 0 N–H and O–H groups in total. The van der Waals surface area contributed by atoms with Crippen LogP contribution < -0.4 is 0 Å². The summed E-state index contributed by atoms with van der Waals surface area (Å²) < 4.78 is 0.678. The van der Waals surface area contributed by atoms with Gasteiger partial charge in [0.15, 0.2) is 4.32 Å². The Morgan fingerprint density at radius 2 is 2.62 bits per heavy atom. The van der Waals surface area contributed by atoms with Crippen molar-refractivity contribution >= 4 is 28.3 Å². The smallest absolute Gasteiger partial charge is 0.172 e. The van der Waals surface area contributed by atoms with Crippen molar-refractivity contribution in [1.82, 2.24) is 0 Å². The molecule has 1 unspecified atom stereocenters. The molecule has 0 spiro atoms. The van der Waals surface area contributed by atoms with E-state index in [1.807, 2.05) is 0 Å². The number of thioether (sulfide) groups is 1. The van der Waals surface area contributed by atoms with Gasteiger partial charge in [-0.25, -0.2) is 0 Å². The van der Waals surface area contributed by atoms with Crippen LogP contribution in [-0.4, -0.2) is 9.69 Å². The maximum Gasteiger partial charge on any atom is 0.184 e. The van der Waals surface area contributed by atoms with E-state index in [4.69, 9.17) is 12.2 Å². The predicted molar refractivity (Wildman–Crippen MR) is 39.1 cm³/mol. The molecule has 1 rings (SSSR count). The molecule has 0 radical (unpaired) electrons. The van der Waals surface area contributed by atoms with Crippen LogP contribution in [0, 0.1) is 0 Å². The first kappa shape index (κ1) is 6.16. The van der Waals surface area contributed by atoms with Crippen molar-refractivity contribution in [3.05, 3.63) is 0 Å². The van der Waals surface area contributed by atoms with Gasteiger partial charge in [0.1, 0.15) is 5.37 Å². The second-order valence-electron chi connectivity index (χ2n) is 1.46. The molecule has 0 saturated heterocycles. The Morgan fingerprint density at radius 1 is 1.88 bits per heavy atom. The van der Waals surface area contributed by atoms with Gasteiger partial charge in [-0.2, -0.15) is 5.11 Å². The molecule has 8 heavy (non-hydrogen) atoms. The molecule has 0 aromatic heterocycles. The number of nitrogens with zero attached hydrogens (tertiary/aromatic N) is 2. The van der Waals surface area contributed by atoms with Gasteiger partial charge in [-0.15, -0.1) is 5.11 Å². The van der Waals surface area contributed by atoms with Crippen LogP contribution in [-0.2, 0) is 0 Å². The molecule has 0 amide bonds. The SMILES string of the molecule is CCC1N=NC(=S)S1. The first-order chi connectivity index (χ1) is 3.83. The van der Waals surface area contributed by atoms with Crippen LogP contribution in [0.5, 0.6) is 0 Å². The van der Waals surface area contributed by atoms with Gasteiger partial charge < -0.3 is 0 Å². The first-order valence-electron chi connectivity index (χ1n) is 2.44. The lowest BCUT2D eigenvalue weighted by Crippen LogP contribution is -1.89. The van der Waals surface area contributed by atoms with Crippen LogP contribution in [0.1, 0.15) is 13.3 Å². The van der Waals surface area contributed by atoms with Gasteiger partial charge in [0.05, 0.1) is 0 Å². The molecule has 1 heterocycles. The molecular formula is C4H6N2S2. The second kappa shape index (κ2) is 2.55. The van der Waals surface area contributed by atoms with E-state index >= 15 is 0 Å². The van der Waals surface area contributed by atoms with Crippen LogP contribution in [0.2, 0.25) is 0 Å². The summed E-state index contributed by atoms with van der Waals surface area (Å²) in [6.45, 7) is 2.07. The zero-order chi connectivity index (χ0) is 5.98. The molecule has 2 nitrogen and oxygen atoms in total. The van der Waals surface area contributed by atoms with Crippen molar-refractivity contribution in [1.29, 1.82) is 0 Å². The fourth-order valence-corrected chi connectivity index (χ4v) is 1.41. The minimum atomic E-state index is 0.308. The largest absolute Gasteiger partial charge is 0.184 e. The summed E-state index contributed by atoms with van der Waals surface area (Å²) in [5, 5.41) is 7.90. The third kappa shape index (κ3) is 1.26. The van der Waals surface area contributed by atoms with Gasteiger partial charge in [-0.1, -0.05) is 18.7 Å². The van der Waals surface area contributed by atoms with E-state index in [0.29, 0.717) is 9.69 Å². The maximum atomic E-state index is 4.76. The van der Waals surface area contributed by atoms with E-state index in [2.05, 4.69) is 17.2 Å². The molecule has 44 valence electrons. The standard InChI is InChI=1S/C4H6N2S2/c1-2-3-5-6-4(7)8-3/h3H,2H2,1H3. The summed E-state index contributed by atoms with van der Waals surface area (Å²) in [6.07, 6.45) is 1.02. The van der Waals surface area contributed by atoms with Gasteiger partial charge >= 0.3 is 0 Å². The van der Waals surface area contributed by atoms with Crippen LogP contribution in [0.3, 0.4) is 0 Å². The Labute approximate surface area is 57.8 Å². The highest BCUT2D eigenvalue weighted by Gasteiger charge is 2.13. The molecule has 0 bridgehead atoms. The molecule has 0 aromatic rings. The average Bonchev–Trinajstić information content (AvgIpc) is 2.14. The lowest BCUT2D eigenvalue weighted by Gasteiger charge is -1.93. The summed E-state index contributed by atoms with van der Waals surface area (Å²) in [7, 11) is 0. The van der Waals surface area contributed by atoms with Gasteiger partial charge in [0, 0.05) is 0 Å². The summed E-state index contributed by atoms with van der Waals surface area (Å²) >= 11 is 6.33. The van der Waals surface area contributed by atoms with Crippen molar-refractivity contribution < 1.29 is 0 Å². The summed E-state index contributed by atoms with van der Waals surface area (Å²) in [5.74, 6) is 0. The number of rotatable bonds is 1. The van der Waals surface area contributed by atoms with Crippen molar-refractivity contribution in [2.75, 3.05) is 0 Å². The first-order valence-corrected chi connectivity index (χ1v) is 3.73. The number of hydrogen-bond donors (Lipinski definition) is 0. The van der Waals surface area contributed by atoms with Crippen molar-refractivity contribution in [2.24, 2.45) is 10.2 Å². The van der Waals surface area contributed by atoms with Crippen LogP contribution in [0.15, 0.2) is 10.2 Å². The Morgan fingerprint density at radius 3 is 2.88 bits per heavy atom. The van der Waals surface area contributed by atoms with Crippen LogP contribution in [0.25, 0.3) is 0 Å². The number of thiocarbonyl (C=S) groups is 1. The number of azo groups is 1. The quantitative estimate of drug-likeness (QED) is 0.530. The van der Waals surface area contributed by atoms with Gasteiger partial charge in [0.2, 0.25) is 0 Å². The highest BCUT2D eigenvalue weighted by molar-refractivity contribution is 8.23. The lowest BCUT2D eigenvalue weighted by atomic mass is 10.5. The minimum absolute atomic E-state index is 0.308. The molecular weight excluding hydrogens is 140 g/mol. The molecule has 0 fully saturated rings. The van der Waals surface area contributed by atoms with E-state index in [-0.39, 0.29) is 0 Å². The maximum absolute atomic E-state index is 4.76. The summed E-state index contributed by atoms with van der Waals surface area (Å²) in [6, 6.07) is 0. The second-order valence-corrected chi connectivity index (χ2v) is 3.27. The molecule has 1 aliphatic heterocycles. The van der Waals surface area contributed by atoms with E-state index in [9.17, 15) is 0 Å². The Hall–Kier alpha value is 0.0400. The van der Waals surface area contributed by atoms with E-state index in [1.165, 1.54) is 0 Å². The topological polar surface area (TPSA) is 24.7 Å². The molecule has 1 atom stereocenters. The van der Waals surface area contributed by atoms with Crippen molar-refractivity contribution in [3.63, 3.8) is 0 Å². The lowest BCUT2D eigenvalue weighted by molar-refractivity contribution is 0.842. The minimum Gasteiger partial charge on any atom is -0.172 e. The predicted octanol–water partition coefficient (Wildman–Crippen LogP) is 2.21. The number of hydrogen-bond acceptors (Lipinski definition) is 3. The monoisotopic (exact) mass is 146 g/mol. The third-order valence-corrected chi connectivity index (χ3v) is 2.21. The molecule has 0 aromatic carbocycles. The Bertz CT molecular complexity index is 132. The summed E-state index contributed by atoms with van der Waals surface area (Å²) in [5.41, 5.74) is 0. The third-order valence-electron chi connectivity index (χ3n) is 0.854. The van der Waals surface area contributed by atoms with Crippen molar-refractivity contribution in [2.45, 2.75) is 18.7 Å². The Balaban J connectivity index is 2.46. The van der Waals surface area contributed by atoms with Crippen molar-refractivity contribution in [3.8, 4) is 0 Å². The van der Waals surface area contributed by atoms with Gasteiger partial charge in [0.25, 0.3) is 0 Å². The van der Waals surface area contributed by atoms with Gasteiger partial charge in [-0.05, 0) is 18.6 Å². The van der Waals surface area contributed by atoms with E-state index in [1.54, 1.807) is 11.8 Å². The zero-order valence-corrected chi connectivity index (χ0v) is 6.13. The molecule has 4 heteroatoms. The normalized spacial score (nSPS) is 27.1. The van der Waals surface area contributed by atoms with E-state index in [0.717, 1.165) is 6.42 Å². The Kier molecular flexibility index (Phi) is 1.96. The molecule has 0 aliphatic carbocycles. The fraction of sp³-hybridized carbons (Fsp3) is 0.750.